The SMILES string of the molecule is Cc1nccn1CCC(=O)N1Cc2ccccc2C[C@@H]1C(=O)O. The normalized spacial score (nSPS) is 16.9. The van der Waals surface area contributed by atoms with Crippen molar-refractivity contribution in [2.45, 2.75) is 38.9 Å². The number of hydrogen-bond donors (Lipinski definition) is 1. The number of fused-ring (bicyclic) bond motifs is 1. The van der Waals surface area contributed by atoms with Gasteiger partial charge >= 0.3 is 5.97 Å². The third-order valence-corrected chi connectivity index (χ3v) is 4.34. The minimum absolute atomic E-state index is 0.139. The van der Waals surface area contributed by atoms with Gasteiger partial charge in [-0.1, -0.05) is 24.3 Å². The van der Waals surface area contributed by atoms with Crippen LogP contribution in [0.2, 0.25) is 0 Å². The van der Waals surface area contributed by atoms with Crippen LogP contribution in [0.15, 0.2) is 36.7 Å². The lowest BCUT2D eigenvalue weighted by atomic mass is 9.93. The highest BCUT2D eigenvalue weighted by atomic mass is 16.4. The summed E-state index contributed by atoms with van der Waals surface area (Å²) in [6.07, 6.45) is 4.14. The number of hydrogen-bond acceptors (Lipinski definition) is 3. The molecule has 1 atom stereocenters. The van der Waals surface area contributed by atoms with Crippen molar-refractivity contribution in [3.05, 3.63) is 53.6 Å². The fourth-order valence-electron chi connectivity index (χ4n) is 3.01. The lowest BCUT2D eigenvalue weighted by Crippen LogP contribution is -2.48. The minimum Gasteiger partial charge on any atom is -0.480 e. The summed E-state index contributed by atoms with van der Waals surface area (Å²) in [5, 5.41) is 9.47. The van der Waals surface area contributed by atoms with E-state index in [2.05, 4.69) is 4.98 Å². The molecule has 120 valence electrons. The first-order chi connectivity index (χ1) is 11.1. The molecule has 0 saturated heterocycles. The number of benzene rings is 1. The van der Waals surface area contributed by atoms with Crippen molar-refractivity contribution in [1.29, 1.82) is 0 Å². The average Bonchev–Trinajstić information content (AvgIpc) is 2.96. The predicted molar refractivity (Wildman–Crippen MR) is 83.7 cm³/mol. The molecule has 0 bridgehead atoms. The van der Waals surface area contributed by atoms with Crippen LogP contribution in [0, 0.1) is 6.92 Å². The Balaban J connectivity index is 1.75. The standard InChI is InChI=1S/C17H19N3O3/c1-12-18-7-9-19(12)8-6-16(21)20-11-14-5-3-2-4-13(14)10-15(20)17(22)23/h2-5,7,9,15H,6,8,10-11H2,1H3,(H,22,23)/t15-/m1/s1. The molecule has 23 heavy (non-hydrogen) atoms. The Morgan fingerprint density at radius 2 is 2.04 bits per heavy atom. The molecule has 0 unspecified atom stereocenters. The Bertz CT molecular complexity index is 738. The van der Waals surface area contributed by atoms with Gasteiger partial charge in [0.2, 0.25) is 5.91 Å². The molecule has 0 spiro atoms. The molecular weight excluding hydrogens is 294 g/mol. The van der Waals surface area contributed by atoms with Gasteiger partial charge in [0.15, 0.2) is 0 Å². The summed E-state index contributed by atoms with van der Waals surface area (Å²) >= 11 is 0. The van der Waals surface area contributed by atoms with E-state index in [9.17, 15) is 14.7 Å². The molecule has 6 nitrogen and oxygen atoms in total. The van der Waals surface area contributed by atoms with Crippen LogP contribution in [0.1, 0.15) is 23.4 Å². The Morgan fingerprint density at radius 1 is 1.30 bits per heavy atom. The molecule has 3 rings (SSSR count). The quantitative estimate of drug-likeness (QED) is 0.930. The molecule has 1 aliphatic heterocycles. The van der Waals surface area contributed by atoms with Gasteiger partial charge in [0.05, 0.1) is 0 Å². The molecule has 0 radical (unpaired) electrons. The first-order valence-corrected chi connectivity index (χ1v) is 7.63. The maximum Gasteiger partial charge on any atom is 0.326 e. The largest absolute Gasteiger partial charge is 0.480 e. The van der Waals surface area contributed by atoms with E-state index in [1.54, 1.807) is 6.20 Å². The van der Waals surface area contributed by atoms with Gasteiger partial charge in [0, 0.05) is 38.3 Å². The van der Waals surface area contributed by atoms with Gasteiger partial charge in [-0.15, -0.1) is 0 Å². The lowest BCUT2D eigenvalue weighted by molar-refractivity contribution is -0.151. The van der Waals surface area contributed by atoms with Crippen molar-refractivity contribution >= 4 is 11.9 Å². The number of carbonyl (C=O) groups excluding carboxylic acids is 1. The Morgan fingerprint density at radius 3 is 2.70 bits per heavy atom. The smallest absolute Gasteiger partial charge is 0.326 e. The van der Waals surface area contributed by atoms with Gasteiger partial charge in [0.25, 0.3) is 0 Å². The zero-order valence-electron chi connectivity index (χ0n) is 13.0. The van der Waals surface area contributed by atoms with Gasteiger partial charge in [-0.3, -0.25) is 4.79 Å². The maximum absolute atomic E-state index is 12.6. The number of carbonyl (C=O) groups is 2. The van der Waals surface area contributed by atoms with Crippen LogP contribution >= 0.6 is 0 Å². The van der Waals surface area contributed by atoms with Crippen molar-refractivity contribution in [3.63, 3.8) is 0 Å². The molecule has 1 aromatic heterocycles. The second kappa shape index (κ2) is 6.24. The van der Waals surface area contributed by atoms with Crippen molar-refractivity contribution in [2.24, 2.45) is 0 Å². The highest BCUT2D eigenvalue weighted by Gasteiger charge is 2.34. The fraction of sp³-hybridized carbons (Fsp3) is 0.353. The Labute approximate surface area is 134 Å². The molecule has 6 heteroatoms. The highest BCUT2D eigenvalue weighted by Crippen LogP contribution is 2.24. The number of carboxylic acid groups (broad SMARTS) is 1. The molecule has 1 N–H and O–H groups in total. The van der Waals surface area contributed by atoms with Crippen LogP contribution in [-0.4, -0.2) is 37.5 Å². The van der Waals surface area contributed by atoms with E-state index in [4.69, 9.17) is 0 Å². The van der Waals surface area contributed by atoms with Crippen LogP contribution in [0.25, 0.3) is 0 Å². The number of aryl methyl sites for hydroxylation is 2. The van der Waals surface area contributed by atoms with Gasteiger partial charge in [-0.25, -0.2) is 9.78 Å². The number of imidazole rings is 1. The van der Waals surface area contributed by atoms with Gasteiger partial charge in [-0.05, 0) is 18.1 Å². The van der Waals surface area contributed by atoms with E-state index in [1.165, 1.54) is 4.90 Å². The molecule has 2 aromatic rings. The lowest BCUT2D eigenvalue weighted by Gasteiger charge is -2.34. The number of amides is 1. The molecule has 2 heterocycles. The number of aliphatic carboxylic acids is 1. The molecule has 1 aliphatic rings. The second-order valence-corrected chi connectivity index (χ2v) is 5.77. The Hall–Kier alpha value is -2.63. The molecule has 1 amide bonds. The monoisotopic (exact) mass is 313 g/mol. The maximum atomic E-state index is 12.6. The third kappa shape index (κ3) is 3.11. The minimum atomic E-state index is -0.952. The third-order valence-electron chi connectivity index (χ3n) is 4.34. The number of carboxylic acids is 1. The number of aromatic nitrogens is 2. The topological polar surface area (TPSA) is 75.4 Å². The van der Waals surface area contributed by atoms with Gasteiger partial charge in [0.1, 0.15) is 11.9 Å². The van der Waals surface area contributed by atoms with Crippen LogP contribution < -0.4 is 0 Å². The number of rotatable bonds is 4. The molecule has 1 aromatic carbocycles. The van der Waals surface area contributed by atoms with Crippen molar-refractivity contribution in [3.8, 4) is 0 Å². The summed E-state index contributed by atoms with van der Waals surface area (Å²) in [4.78, 5) is 29.7. The van der Waals surface area contributed by atoms with Crippen LogP contribution in [0.5, 0.6) is 0 Å². The van der Waals surface area contributed by atoms with E-state index in [-0.39, 0.29) is 12.3 Å². The summed E-state index contributed by atoms with van der Waals surface area (Å²) in [6, 6.07) is 6.91. The summed E-state index contributed by atoms with van der Waals surface area (Å²) in [5.41, 5.74) is 2.03. The van der Waals surface area contributed by atoms with Gasteiger partial charge < -0.3 is 14.6 Å². The Kier molecular flexibility index (Phi) is 4.14. The predicted octanol–water partition coefficient (Wildman–Crippen LogP) is 1.62. The number of nitrogens with zero attached hydrogens (tertiary/aromatic N) is 3. The molecule has 0 saturated carbocycles. The van der Waals surface area contributed by atoms with E-state index in [0.717, 1.165) is 17.0 Å². The van der Waals surface area contributed by atoms with E-state index < -0.39 is 12.0 Å². The van der Waals surface area contributed by atoms with Crippen molar-refractivity contribution in [1.82, 2.24) is 14.5 Å². The fourth-order valence-corrected chi connectivity index (χ4v) is 3.01. The average molecular weight is 313 g/mol. The van der Waals surface area contributed by atoms with Crippen LogP contribution in [0.4, 0.5) is 0 Å². The molecule has 0 fully saturated rings. The van der Waals surface area contributed by atoms with Crippen LogP contribution in [0.3, 0.4) is 0 Å². The van der Waals surface area contributed by atoms with E-state index in [1.807, 2.05) is 42.0 Å². The second-order valence-electron chi connectivity index (χ2n) is 5.77. The summed E-state index contributed by atoms with van der Waals surface area (Å²) in [6.45, 7) is 2.74. The molecular formula is C17H19N3O3. The van der Waals surface area contributed by atoms with Gasteiger partial charge in [-0.2, -0.15) is 0 Å². The first-order valence-electron chi connectivity index (χ1n) is 7.63. The van der Waals surface area contributed by atoms with E-state index >= 15 is 0 Å². The highest BCUT2D eigenvalue weighted by molar-refractivity contribution is 5.84. The zero-order chi connectivity index (χ0) is 16.4. The molecule has 0 aliphatic carbocycles. The van der Waals surface area contributed by atoms with E-state index in [0.29, 0.717) is 19.5 Å². The summed E-state index contributed by atoms with van der Waals surface area (Å²) in [7, 11) is 0. The van der Waals surface area contributed by atoms with Crippen LogP contribution in [-0.2, 0) is 29.1 Å². The van der Waals surface area contributed by atoms with Crippen molar-refractivity contribution in [2.75, 3.05) is 0 Å². The first kappa shape index (κ1) is 15.3. The van der Waals surface area contributed by atoms with Crippen molar-refractivity contribution < 1.29 is 14.7 Å². The summed E-state index contributed by atoms with van der Waals surface area (Å²) in [5.74, 6) is -0.247. The summed E-state index contributed by atoms with van der Waals surface area (Å²) < 4.78 is 1.89. The zero-order valence-corrected chi connectivity index (χ0v) is 13.0.